The van der Waals surface area contributed by atoms with Gasteiger partial charge in [0, 0.05) is 7.05 Å². The minimum Gasteiger partial charge on any atom is -0.373 e. The van der Waals surface area contributed by atoms with Crippen LogP contribution in [0.3, 0.4) is 0 Å². The lowest BCUT2D eigenvalue weighted by Gasteiger charge is -2.19. The molecule has 0 unspecified atom stereocenters. The van der Waals surface area contributed by atoms with Crippen molar-refractivity contribution in [1.82, 2.24) is 4.98 Å². The fourth-order valence-corrected chi connectivity index (χ4v) is 1.17. The van der Waals surface area contributed by atoms with Crippen molar-refractivity contribution in [2.45, 2.75) is 33.0 Å². The van der Waals surface area contributed by atoms with Gasteiger partial charge >= 0.3 is 0 Å². The number of anilines is 1. The molecule has 0 aliphatic rings. The molecule has 0 fully saturated rings. The van der Waals surface area contributed by atoms with E-state index in [1.807, 2.05) is 40.0 Å². The van der Waals surface area contributed by atoms with E-state index in [1.54, 1.807) is 0 Å². The van der Waals surface area contributed by atoms with Gasteiger partial charge in [-0.05, 0) is 32.9 Å². The van der Waals surface area contributed by atoms with E-state index in [9.17, 15) is 0 Å². The van der Waals surface area contributed by atoms with Crippen LogP contribution in [0.2, 0.25) is 5.02 Å². The van der Waals surface area contributed by atoms with E-state index in [-0.39, 0.29) is 5.60 Å². The van der Waals surface area contributed by atoms with Crippen LogP contribution < -0.4 is 5.32 Å². The van der Waals surface area contributed by atoms with Crippen LogP contribution in [0, 0.1) is 0 Å². The summed E-state index contributed by atoms with van der Waals surface area (Å²) in [5.41, 5.74) is 0.583. The smallest absolute Gasteiger partial charge is 0.126 e. The normalized spacial score (nSPS) is 11.5. The molecule has 15 heavy (non-hydrogen) atoms. The molecule has 0 saturated carbocycles. The number of hydrogen-bond acceptors (Lipinski definition) is 3. The molecular weight excluding hydrogens is 212 g/mol. The van der Waals surface area contributed by atoms with E-state index >= 15 is 0 Å². The fraction of sp³-hybridized carbons (Fsp3) is 0.545. The zero-order valence-corrected chi connectivity index (χ0v) is 10.4. The molecule has 0 saturated heterocycles. The number of hydrogen-bond donors (Lipinski definition) is 1. The van der Waals surface area contributed by atoms with E-state index < -0.39 is 0 Å². The Bertz CT molecular complexity index is 334. The third kappa shape index (κ3) is 4.06. The molecule has 1 N–H and O–H groups in total. The maximum Gasteiger partial charge on any atom is 0.126 e. The second-order valence-electron chi connectivity index (χ2n) is 4.28. The van der Waals surface area contributed by atoms with Crippen molar-refractivity contribution < 1.29 is 4.74 Å². The highest BCUT2D eigenvalue weighted by atomic mass is 35.5. The Kier molecular flexibility index (Phi) is 3.94. The monoisotopic (exact) mass is 228 g/mol. The van der Waals surface area contributed by atoms with Crippen LogP contribution >= 0.6 is 11.6 Å². The van der Waals surface area contributed by atoms with E-state index in [1.165, 1.54) is 0 Å². The Morgan fingerprint density at radius 1 is 1.40 bits per heavy atom. The average molecular weight is 229 g/mol. The van der Waals surface area contributed by atoms with Crippen LogP contribution in [0.1, 0.15) is 26.5 Å². The van der Waals surface area contributed by atoms with E-state index in [4.69, 9.17) is 16.3 Å². The third-order valence-corrected chi connectivity index (χ3v) is 2.16. The summed E-state index contributed by atoms with van der Waals surface area (Å²) in [5.74, 6) is 0.798. The van der Waals surface area contributed by atoms with Crippen molar-refractivity contribution in [3.63, 3.8) is 0 Å². The molecule has 1 heterocycles. The molecule has 0 aromatic carbocycles. The van der Waals surface area contributed by atoms with Crippen molar-refractivity contribution in [2.24, 2.45) is 0 Å². The molecule has 0 spiro atoms. The minimum atomic E-state index is -0.180. The van der Waals surface area contributed by atoms with Crippen LogP contribution in [0.25, 0.3) is 0 Å². The molecular formula is C11H17ClN2O. The molecule has 4 heteroatoms. The first-order valence-electron chi connectivity index (χ1n) is 4.89. The zero-order chi connectivity index (χ0) is 11.5. The van der Waals surface area contributed by atoms with Crippen molar-refractivity contribution in [3.05, 3.63) is 22.8 Å². The quantitative estimate of drug-likeness (QED) is 0.864. The predicted octanol–water partition coefficient (Wildman–Crippen LogP) is 3.09. The summed E-state index contributed by atoms with van der Waals surface area (Å²) in [6.07, 6.45) is 0. The van der Waals surface area contributed by atoms with Gasteiger partial charge in [-0.3, -0.25) is 0 Å². The highest BCUT2D eigenvalue weighted by Gasteiger charge is 2.12. The highest BCUT2D eigenvalue weighted by Crippen LogP contribution is 2.19. The summed E-state index contributed by atoms with van der Waals surface area (Å²) in [4.78, 5) is 4.33. The Morgan fingerprint density at radius 2 is 2.07 bits per heavy atom. The molecule has 1 aromatic rings. The number of nitrogens with zero attached hydrogens (tertiary/aromatic N) is 1. The van der Waals surface area contributed by atoms with Crippen LogP contribution in [0.4, 0.5) is 5.82 Å². The topological polar surface area (TPSA) is 34.1 Å². The van der Waals surface area contributed by atoms with Crippen molar-refractivity contribution >= 4 is 17.4 Å². The largest absolute Gasteiger partial charge is 0.373 e. The van der Waals surface area contributed by atoms with Crippen LogP contribution in [0.5, 0.6) is 0 Å². The Balaban J connectivity index is 2.75. The number of nitrogens with one attached hydrogen (secondary N) is 1. The molecule has 1 aromatic heterocycles. The molecule has 0 radical (unpaired) electrons. The maximum atomic E-state index is 6.01. The van der Waals surface area contributed by atoms with Gasteiger partial charge in [0.1, 0.15) is 5.82 Å². The highest BCUT2D eigenvalue weighted by molar-refractivity contribution is 6.31. The summed E-state index contributed by atoms with van der Waals surface area (Å²) in [7, 11) is 1.82. The number of rotatable bonds is 3. The number of pyridine rings is 1. The second-order valence-corrected chi connectivity index (χ2v) is 4.68. The molecule has 0 amide bonds. The maximum absolute atomic E-state index is 6.01. The Morgan fingerprint density at radius 3 is 2.60 bits per heavy atom. The molecule has 3 nitrogen and oxygen atoms in total. The lowest BCUT2D eigenvalue weighted by atomic mass is 10.2. The van der Waals surface area contributed by atoms with Gasteiger partial charge in [0.25, 0.3) is 0 Å². The first kappa shape index (κ1) is 12.3. The van der Waals surface area contributed by atoms with Gasteiger partial charge in [0.2, 0.25) is 0 Å². The van der Waals surface area contributed by atoms with Crippen LogP contribution in [-0.4, -0.2) is 17.6 Å². The standard InChI is InChI=1S/C11H17ClN2O/c1-11(2,3)15-7-9-8(12)5-6-10(13-4)14-9/h5-6H,7H2,1-4H3,(H,13,14). The van der Waals surface area contributed by atoms with Crippen molar-refractivity contribution in [1.29, 1.82) is 0 Å². The van der Waals surface area contributed by atoms with Gasteiger partial charge in [-0.2, -0.15) is 0 Å². The Labute approximate surface area is 95.8 Å². The number of ether oxygens (including phenoxy) is 1. The molecule has 0 bridgehead atoms. The van der Waals surface area contributed by atoms with Gasteiger partial charge in [-0.25, -0.2) is 4.98 Å². The van der Waals surface area contributed by atoms with E-state index in [0.29, 0.717) is 11.6 Å². The summed E-state index contributed by atoms with van der Waals surface area (Å²) >= 11 is 6.01. The van der Waals surface area contributed by atoms with Gasteiger partial charge in [0.05, 0.1) is 22.9 Å². The summed E-state index contributed by atoms with van der Waals surface area (Å²) in [6, 6.07) is 3.66. The molecule has 84 valence electrons. The molecule has 0 aliphatic heterocycles. The number of halogens is 1. The van der Waals surface area contributed by atoms with Gasteiger partial charge in [-0.15, -0.1) is 0 Å². The predicted molar refractivity (Wildman–Crippen MR) is 63.3 cm³/mol. The SMILES string of the molecule is CNc1ccc(Cl)c(COC(C)(C)C)n1. The third-order valence-electron chi connectivity index (χ3n) is 1.82. The van der Waals surface area contributed by atoms with Gasteiger partial charge in [0.15, 0.2) is 0 Å². The summed E-state index contributed by atoms with van der Waals surface area (Å²) in [6.45, 7) is 6.44. The first-order valence-corrected chi connectivity index (χ1v) is 5.27. The number of aromatic nitrogens is 1. The second kappa shape index (κ2) is 4.81. The van der Waals surface area contributed by atoms with Crippen molar-refractivity contribution in [2.75, 3.05) is 12.4 Å². The first-order chi connectivity index (χ1) is 6.92. The van der Waals surface area contributed by atoms with Gasteiger partial charge in [-0.1, -0.05) is 11.6 Å². The minimum absolute atomic E-state index is 0.180. The lowest BCUT2D eigenvalue weighted by molar-refractivity contribution is -0.0163. The summed E-state index contributed by atoms with van der Waals surface area (Å²) in [5, 5.41) is 3.60. The van der Waals surface area contributed by atoms with Gasteiger partial charge < -0.3 is 10.1 Å². The fourth-order valence-electron chi connectivity index (χ4n) is 1.01. The zero-order valence-electron chi connectivity index (χ0n) is 9.60. The van der Waals surface area contributed by atoms with E-state index in [0.717, 1.165) is 11.5 Å². The van der Waals surface area contributed by atoms with E-state index in [2.05, 4.69) is 10.3 Å². The lowest BCUT2D eigenvalue weighted by Crippen LogP contribution is -2.19. The summed E-state index contributed by atoms with van der Waals surface area (Å²) < 4.78 is 5.62. The average Bonchev–Trinajstić information content (AvgIpc) is 2.15. The molecule has 0 atom stereocenters. The molecule has 0 aliphatic carbocycles. The molecule has 1 rings (SSSR count). The Hall–Kier alpha value is -0.800. The van der Waals surface area contributed by atoms with Crippen LogP contribution in [0.15, 0.2) is 12.1 Å². The van der Waals surface area contributed by atoms with Crippen LogP contribution in [-0.2, 0) is 11.3 Å². The van der Waals surface area contributed by atoms with Crippen molar-refractivity contribution in [3.8, 4) is 0 Å².